The Labute approximate surface area is 170 Å². The van der Waals surface area contributed by atoms with E-state index in [2.05, 4.69) is 30.9 Å². The average Bonchev–Trinajstić information content (AvgIpc) is 2.68. The molecule has 1 aromatic heterocycles. The van der Waals surface area contributed by atoms with Gasteiger partial charge in [-0.05, 0) is 35.6 Å². The van der Waals surface area contributed by atoms with E-state index in [9.17, 15) is 17.6 Å². The van der Waals surface area contributed by atoms with E-state index in [1.54, 1.807) is 24.9 Å². The zero-order valence-electron chi connectivity index (χ0n) is 16.0. The minimum absolute atomic E-state index is 0.0995. The first-order valence-corrected chi connectivity index (χ1v) is 10.1. The molecule has 0 aliphatic carbocycles. The molecule has 6 nitrogen and oxygen atoms in total. The third-order valence-corrected chi connectivity index (χ3v) is 4.38. The lowest BCUT2D eigenvalue weighted by atomic mass is 10.1. The summed E-state index contributed by atoms with van der Waals surface area (Å²) in [6.45, 7) is 1.12. The quantitative estimate of drug-likeness (QED) is 0.258. The highest BCUT2D eigenvalue weighted by molar-refractivity contribution is 7.97. The van der Waals surface area contributed by atoms with Crippen LogP contribution in [0, 0.1) is 5.82 Å². The van der Waals surface area contributed by atoms with Gasteiger partial charge in [0.2, 0.25) is 5.95 Å². The second-order valence-corrected chi connectivity index (χ2v) is 6.75. The third-order valence-electron chi connectivity index (χ3n) is 3.78. The Kier molecular flexibility index (Phi) is 8.50. The third kappa shape index (κ3) is 7.41. The number of thioether (sulfide) groups is 1. The van der Waals surface area contributed by atoms with Crippen LogP contribution in [0.15, 0.2) is 35.5 Å². The topological polar surface area (TPSA) is 74.2 Å². The summed E-state index contributed by atoms with van der Waals surface area (Å²) in [4.78, 5) is 11.3. The number of aromatic nitrogens is 2. The van der Waals surface area contributed by atoms with Gasteiger partial charge in [0, 0.05) is 38.6 Å². The number of rotatable bonds is 8. The molecule has 0 spiro atoms. The normalized spacial score (nSPS) is 12.0. The predicted octanol–water partition coefficient (Wildman–Crippen LogP) is 3.27. The van der Waals surface area contributed by atoms with Crippen LogP contribution >= 0.6 is 11.8 Å². The fourth-order valence-corrected chi connectivity index (χ4v) is 2.99. The molecule has 3 N–H and O–H groups in total. The van der Waals surface area contributed by atoms with Crippen molar-refractivity contribution >= 4 is 23.7 Å². The zero-order chi connectivity index (χ0) is 21.3. The molecule has 1 aromatic carbocycles. The Morgan fingerprint density at radius 2 is 1.93 bits per heavy atom. The Hall–Kier alpha value is -2.56. The number of nitrogens with zero attached hydrogens (tertiary/aromatic N) is 3. The van der Waals surface area contributed by atoms with Gasteiger partial charge in [-0.1, -0.05) is 6.07 Å². The van der Waals surface area contributed by atoms with Crippen LogP contribution in [0.4, 0.5) is 23.5 Å². The maximum Gasteiger partial charge on any atom is 0.433 e. The van der Waals surface area contributed by atoms with E-state index in [0.29, 0.717) is 24.8 Å². The fraction of sp³-hybridized carbons (Fsp3) is 0.389. The molecule has 0 aliphatic rings. The molecule has 29 heavy (non-hydrogen) atoms. The minimum Gasteiger partial charge on any atom is -0.355 e. The summed E-state index contributed by atoms with van der Waals surface area (Å²) in [6.07, 6.45) is -1.51. The van der Waals surface area contributed by atoms with E-state index in [0.717, 1.165) is 23.4 Å². The highest BCUT2D eigenvalue weighted by Gasteiger charge is 2.32. The zero-order valence-corrected chi connectivity index (χ0v) is 16.8. The van der Waals surface area contributed by atoms with Crippen molar-refractivity contribution in [3.8, 4) is 0 Å². The number of nitrogens with one attached hydrogen (secondary N) is 3. The van der Waals surface area contributed by atoms with E-state index in [1.807, 2.05) is 6.26 Å². The molecule has 0 atom stereocenters. The van der Waals surface area contributed by atoms with Crippen molar-refractivity contribution in [3.63, 3.8) is 0 Å². The molecule has 0 bridgehead atoms. The Morgan fingerprint density at radius 3 is 2.62 bits per heavy atom. The van der Waals surface area contributed by atoms with Crippen LogP contribution < -0.4 is 16.0 Å². The van der Waals surface area contributed by atoms with E-state index < -0.39 is 11.9 Å². The van der Waals surface area contributed by atoms with Crippen LogP contribution in [0.3, 0.4) is 0 Å². The molecule has 158 valence electrons. The number of hydrogen-bond acceptors (Lipinski definition) is 5. The summed E-state index contributed by atoms with van der Waals surface area (Å²) in [5.74, 6) is 0.832. The van der Waals surface area contributed by atoms with Gasteiger partial charge in [-0.25, -0.2) is 14.4 Å². The van der Waals surface area contributed by atoms with Gasteiger partial charge in [0.25, 0.3) is 0 Å². The molecule has 2 rings (SSSR count). The van der Waals surface area contributed by atoms with Crippen molar-refractivity contribution in [2.75, 3.05) is 31.7 Å². The van der Waals surface area contributed by atoms with Gasteiger partial charge < -0.3 is 16.0 Å². The highest BCUT2D eigenvalue weighted by Crippen LogP contribution is 2.27. The molecule has 0 aliphatic heterocycles. The van der Waals surface area contributed by atoms with Crippen LogP contribution in [0.25, 0.3) is 0 Å². The van der Waals surface area contributed by atoms with Crippen LogP contribution in [0.2, 0.25) is 0 Å². The maximum atomic E-state index is 13.4. The second kappa shape index (κ2) is 10.8. The summed E-state index contributed by atoms with van der Waals surface area (Å²) >= 11 is 1.60. The molecule has 11 heteroatoms. The number of halogens is 4. The standard InChI is InChI=1S/C18H22F4N6S/c1-23-16(27-10-12-3-4-14(19)9-13(12)11-29-2)25-7-8-26-17-24-6-5-15(28-17)18(20,21)22/h3-6,9H,7-8,10-11H2,1-2H3,(H2,23,25,27)(H,24,26,28). The lowest BCUT2D eigenvalue weighted by Crippen LogP contribution is -2.39. The van der Waals surface area contributed by atoms with Crippen molar-refractivity contribution in [2.24, 2.45) is 4.99 Å². The van der Waals surface area contributed by atoms with Crippen molar-refractivity contribution < 1.29 is 17.6 Å². The first-order chi connectivity index (χ1) is 13.8. The summed E-state index contributed by atoms with van der Waals surface area (Å²) in [7, 11) is 1.60. The molecule has 2 aromatic rings. The largest absolute Gasteiger partial charge is 0.433 e. The summed E-state index contributed by atoms with van der Waals surface area (Å²) < 4.78 is 51.4. The Bertz CT molecular complexity index is 828. The first kappa shape index (κ1) is 22.7. The smallest absolute Gasteiger partial charge is 0.355 e. The Balaban J connectivity index is 1.82. The lowest BCUT2D eigenvalue weighted by molar-refractivity contribution is -0.141. The SMILES string of the molecule is CN=C(NCCNc1nccc(C(F)(F)F)n1)NCc1ccc(F)cc1CSC. The average molecular weight is 430 g/mol. The van der Waals surface area contributed by atoms with Gasteiger partial charge in [0.1, 0.15) is 11.5 Å². The van der Waals surface area contributed by atoms with Crippen molar-refractivity contribution in [1.82, 2.24) is 20.6 Å². The molecule has 0 fully saturated rings. The molecule has 0 radical (unpaired) electrons. The Morgan fingerprint density at radius 1 is 1.14 bits per heavy atom. The summed E-state index contributed by atoms with van der Waals surface area (Å²) in [5, 5.41) is 8.90. The van der Waals surface area contributed by atoms with Crippen molar-refractivity contribution in [3.05, 3.63) is 53.1 Å². The van der Waals surface area contributed by atoms with E-state index in [4.69, 9.17) is 0 Å². The predicted molar refractivity (Wildman–Crippen MR) is 107 cm³/mol. The van der Waals surface area contributed by atoms with Crippen LogP contribution in [0.5, 0.6) is 0 Å². The van der Waals surface area contributed by atoms with E-state index in [1.165, 1.54) is 12.1 Å². The minimum atomic E-state index is -4.51. The van der Waals surface area contributed by atoms with E-state index >= 15 is 0 Å². The number of guanidine groups is 1. The number of anilines is 1. The number of aliphatic imine (C=N–C) groups is 1. The van der Waals surface area contributed by atoms with Crippen LogP contribution in [-0.2, 0) is 18.5 Å². The first-order valence-electron chi connectivity index (χ1n) is 8.68. The summed E-state index contributed by atoms with van der Waals surface area (Å²) in [6, 6.07) is 5.47. The van der Waals surface area contributed by atoms with Gasteiger partial charge >= 0.3 is 6.18 Å². The van der Waals surface area contributed by atoms with Crippen LogP contribution in [0.1, 0.15) is 16.8 Å². The second-order valence-electron chi connectivity index (χ2n) is 5.89. The van der Waals surface area contributed by atoms with Crippen molar-refractivity contribution in [2.45, 2.75) is 18.5 Å². The maximum absolute atomic E-state index is 13.4. The summed E-state index contributed by atoms with van der Waals surface area (Å²) in [5.41, 5.74) is 0.865. The molecule has 0 saturated carbocycles. The molecular weight excluding hydrogens is 408 g/mol. The number of benzene rings is 1. The van der Waals surface area contributed by atoms with Crippen LogP contribution in [-0.4, -0.2) is 42.3 Å². The molecule has 1 heterocycles. The molecule has 0 amide bonds. The number of alkyl halides is 3. The van der Waals surface area contributed by atoms with Gasteiger partial charge in [-0.3, -0.25) is 4.99 Å². The monoisotopic (exact) mass is 430 g/mol. The van der Waals surface area contributed by atoms with Gasteiger partial charge in [-0.2, -0.15) is 24.9 Å². The molecule has 0 saturated heterocycles. The molecule has 0 unspecified atom stereocenters. The van der Waals surface area contributed by atoms with Gasteiger partial charge in [0.15, 0.2) is 5.96 Å². The van der Waals surface area contributed by atoms with Gasteiger partial charge in [-0.15, -0.1) is 0 Å². The molecular formula is C18H22F4N6S. The van der Waals surface area contributed by atoms with Gasteiger partial charge in [0.05, 0.1) is 0 Å². The number of hydrogen-bond donors (Lipinski definition) is 3. The highest BCUT2D eigenvalue weighted by atomic mass is 32.2. The van der Waals surface area contributed by atoms with E-state index in [-0.39, 0.29) is 18.3 Å². The van der Waals surface area contributed by atoms with Crippen molar-refractivity contribution in [1.29, 1.82) is 0 Å². The lowest BCUT2D eigenvalue weighted by Gasteiger charge is -2.14. The fourth-order valence-electron chi connectivity index (χ4n) is 2.41.